The van der Waals surface area contributed by atoms with Gasteiger partial charge in [0.1, 0.15) is 4.88 Å². The van der Waals surface area contributed by atoms with Crippen LogP contribution in [0.15, 0.2) is 0 Å². The second-order valence-corrected chi connectivity index (χ2v) is 7.36. The summed E-state index contributed by atoms with van der Waals surface area (Å²) in [7, 11) is 0. The number of piperidine rings is 1. The molecule has 1 fully saturated rings. The van der Waals surface area contributed by atoms with E-state index < -0.39 is 0 Å². The molecule has 1 amide bonds. The monoisotopic (exact) mass is 295 g/mol. The van der Waals surface area contributed by atoms with Gasteiger partial charge in [-0.15, -0.1) is 11.3 Å². The molecule has 1 aliphatic rings. The lowest BCUT2D eigenvalue weighted by atomic mass is 9.95. The van der Waals surface area contributed by atoms with Crippen molar-refractivity contribution in [3.63, 3.8) is 0 Å². The number of rotatable bonds is 4. The van der Waals surface area contributed by atoms with E-state index in [0.29, 0.717) is 11.8 Å². The second-order valence-electron chi connectivity index (χ2n) is 6.16. The van der Waals surface area contributed by atoms with Crippen LogP contribution in [0.2, 0.25) is 0 Å². The molecular formula is C15H25N3OS. The highest BCUT2D eigenvalue weighted by Crippen LogP contribution is 2.22. The lowest BCUT2D eigenvalue weighted by Gasteiger charge is -2.30. The molecule has 0 bridgehead atoms. The molecule has 1 aliphatic heterocycles. The van der Waals surface area contributed by atoms with Crippen LogP contribution in [0, 0.1) is 18.8 Å². The van der Waals surface area contributed by atoms with Gasteiger partial charge < -0.3 is 10.6 Å². The van der Waals surface area contributed by atoms with Crippen molar-refractivity contribution in [3.8, 4) is 0 Å². The maximum Gasteiger partial charge on any atom is 0.263 e. The number of carbonyl (C=O) groups excluding carboxylic acids is 1. The minimum atomic E-state index is 0.0602. The lowest BCUT2D eigenvalue weighted by Crippen LogP contribution is -2.48. The quantitative estimate of drug-likeness (QED) is 0.896. The molecule has 0 radical (unpaired) electrons. The summed E-state index contributed by atoms with van der Waals surface area (Å²) in [6.07, 6.45) is 1.87. The second kappa shape index (κ2) is 6.68. The summed E-state index contributed by atoms with van der Waals surface area (Å²) >= 11 is 1.52. The van der Waals surface area contributed by atoms with Crippen LogP contribution in [-0.2, 0) is 6.42 Å². The van der Waals surface area contributed by atoms with Crippen molar-refractivity contribution in [2.45, 2.75) is 46.6 Å². The zero-order valence-corrected chi connectivity index (χ0v) is 13.6. The van der Waals surface area contributed by atoms with Gasteiger partial charge >= 0.3 is 0 Å². The van der Waals surface area contributed by atoms with E-state index in [1.807, 2.05) is 6.92 Å². The van der Waals surface area contributed by atoms with Crippen LogP contribution in [0.1, 0.15) is 47.6 Å². The maximum atomic E-state index is 12.5. The molecule has 1 saturated heterocycles. The molecule has 20 heavy (non-hydrogen) atoms. The first-order chi connectivity index (χ1) is 9.47. The minimum absolute atomic E-state index is 0.0602. The Labute approximate surface area is 125 Å². The van der Waals surface area contributed by atoms with Crippen molar-refractivity contribution in [1.82, 2.24) is 15.6 Å². The molecule has 112 valence electrons. The third-order valence-electron chi connectivity index (χ3n) is 3.71. The summed E-state index contributed by atoms with van der Waals surface area (Å²) in [5, 5.41) is 7.54. The molecule has 2 rings (SSSR count). The molecule has 1 aromatic rings. The number of nitrogens with zero attached hydrogens (tertiary/aromatic N) is 1. The van der Waals surface area contributed by atoms with Crippen molar-refractivity contribution in [2.75, 3.05) is 13.1 Å². The fraction of sp³-hybridized carbons (Fsp3) is 0.733. The van der Waals surface area contributed by atoms with Crippen molar-refractivity contribution >= 4 is 17.2 Å². The van der Waals surface area contributed by atoms with E-state index in [9.17, 15) is 4.79 Å². The summed E-state index contributed by atoms with van der Waals surface area (Å²) in [5.74, 6) is 1.06. The number of aromatic nitrogens is 1. The third-order valence-corrected chi connectivity index (χ3v) is 4.73. The van der Waals surface area contributed by atoms with Gasteiger partial charge in [0.05, 0.1) is 10.7 Å². The van der Waals surface area contributed by atoms with E-state index in [0.717, 1.165) is 41.5 Å². The molecule has 0 saturated carbocycles. The predicted octanol–water partition coefficient (Wildman–Crippen LogP) is 2.38. The molecule has 0 aromatic carbocycles. The van der Waals surface area contributed by atoms with Crippen molar-refractivity contribution in [3.05, 3.63) is 15.6 Å². The van der Waals surface area contributed by atoms with Crippen LogP contribution < -0.4 is 10.6 Å². The van der Waals surface area contributed by atoms with Crippen LogP contribution in [0.3, 0.4) is 0 Å². The van der Waals surface area contributed by atoms with Gasteiger partial charge in [-0.1, -0.05) is 20.8 Å². The van der Waals surface area contributed by atoms with Gasteiger partial charge in [0.25, 0.3) is 5.91 Å². The fourth-order valence-corrected chi connectivity index (χ4v) is 3.48. The SMILES string of the molecule is Cc1nc(CC(C)C)c(C(=O)NC2CCNCC2C)s1. The summed E-state index contributed by atoms with van der Waals surface area (Å²) < 4.78 is 0. The highest BCUT2D eigenvalue weighted by molar-refractivity contribution is 7.13. The van der Waals surface area contributed by atoms with Gasteiger partial charge in [-0.25, -0.2) is 4.98 Å². The number of hydrogen-bond acceptors (Lipinski definition) is 4. The van der Waals surface area contributed by atoms with E-state index >= 15 is 0 Å². The summed E-state index contributed by atoms with van der Waals surface area (Å²) in [6.45, 7) is 10.4. The molecule has 1 aromatic heterocycles. The first kappa shape index (κ1) is 15.4. The largest absolute Gasteiger partial charge is 0.348 e. The van der Waals surface area contributed by atoms with Crippen molar-refractivity contribution < 1.29 is 4.79 Å². The van der Waals surface area contributed by atoms with Crippen LogP contribution in [0.4, 0.5) is 0 Å². The zero-order chi connectivity index (χ0) is 14.7. The molecule has 0 aliphatic carbocycles. The Balaban J connectivity index is 2.08. The Kier molecular flexibility index (Phi) is 5.16. The van der Waals surface area contributed by atoms with Crippen LogP contribution in [-0.4, -0.2) is 30.0 Å². The van der Waals surface area contributed by atoms with Crippen LogP contribution >= 0.6 is 11.3 Å². The molecular weight excluding hydrogens is 270 g/mol. The number of nitrogens with one attached hydrogen (secondary N) is 2. The smallest absolute Gasteiger partial charge is 0.263 e. The average molecular weight is 295 g/mol. The number of hydrogen-bond donors (Lipinski definition) is 2. The molecule has 0 spiro atoms. The Bertz CT molecular complexity index is 470. The molecule has 2 atom stereocenters. The molecule has 4 nitrogen and oxygen atoms in total. The average Bonchev–Trinajstić information content (AvgIpc) is 2.72. The van der Waals surface area contributed by atoms with Crippen LogP contribution in [0.25, 0.3) is 0 Å². The van der Waals surface area contributed by atoms with E-state index in [1.54, 1.807) is 0 Å². The first-order valence-corrected chi connectivity index (χ1v) is 8.27. The Morgan fingerprint density at radius 3 is 2.95 bits per heavy atom. The van der Waals surface area contributed by atoms with Gasteiger partial charge in [-0.05, 0) is 44.7 Å². The molecule has 2 N–H and O–H groups in total. The van der Waals surface area contributed by atoms with Gasteiger partial charge in [0.2, 0.25) is 0 Å². The van der Waals surface area contributed by atoms with E-state index in [1.165, 1.54) is 11.3 Å². The molecule has 2 heterocycles. The number of thiazole rings is 1. The number of carbonyl (C=O) groups is 1. The highest BCUT2D eigenvalue weighted by atomic mass is 32.1. The highest BCUT2D eigenvalue weighted by Gasteiger charge is 2.25. The Morgan fingerprint density at radius 1 is 1.55 bits per heavy atom. The molecule has 5 heteroatoms. The minimum Gasteiger partial charge on any atom is -0.348 e. The van der Waals surface area contributed by atoms with E-state index in [4.69, 9.17) is 0 Å². The summed E-state index contributed by atoms with van der Waals surface area (Å²) in [6, 6.07) is 0.276. The van der Waals surface area contributed by atoms with E-state index in [2.05, 4.69) is 36.4 Å². The fourth-order valence-electron chi connectivity index (χ4n) is 2.64. The Morgan fingerprint density at radius 2 is 2.30 bits per heavy atom. The topological polar surface area (TPSA) is 54.0 Å². The molecule has 2 unspecified atom stereocenters. The van der Waals surface area contributed by atoms with Gasteiger partial charge in [0, 0.05) is 6.04 Å². The third kappa shape index (κ3) is 3.79. The maximum absolute atomic E-state index is 12.5. The van der Waals surface area contributed by atoms with Crippen molar-refractivity contribution in [2.24, 2.45) is 11.8 Å². The zero-order valence-electron chi connectivity index (χ0n) is 12.8. The number of aryl methyl sites for hydroxylation is 1. The predicted molar refractivity (Wildman–Crippen MR) is 83.3 cm³/mol. The van der Waals surface area contributed by atoms with Crippen LogP contribution in [0.5, 0.6) is 0 Å². The van der Waals surface area contributed by atoms with Crippen molar-refractivity contribution in [1.29, 1.82) is 0 Å². The number of amides is 1. The van der Waals surface area contributed by atoms with Gasteiger partial charge in [-0.2, -0.15) is 0 Å². The summed E-state index contributed by atoms with van der Waals surface area (Å²) in [5.41, 5.74) is 0.960. The standard InChI is InChI=1S/C15H25N3OS/c1-9(2)7-13-14(20-11(4)17-13)15(19)18-12-5-6-16-8-10(12)3/h9-10,12,16H,5-8H2,1-4H3,(H,18,19). The van der Waals surface area contributed by atoms with E-state index in [-0.39, 0.29) is 11.9 Å². The van der Waals surface area contributed by atoms with Gasteiger partial charge in [0.15, 0.2) is 0 Å². The first-order valence-electron chi connectivity index (χ1n) is 7.45. The summed E-state index contributed by atoms with van der Waals surface area (Å²) in [4.78, 5) is 17.8. The van der Waals surface area contributed by atoms with Gasteiger partial charge in [-0.3, -0.25) is 4.79 Å². The normalized spacial score (nSPS) is 23.1. The Hall–Kier alpha value is -0.940. The lowest BCUT2D eigenvalue weighted by molar-refractivity contribution is 0.0917.